The van der Waals surface area contributed by atoms with Crippen LogP contribution in [0.5, 0.6) is 0 Å². The molecule has 7 heteroatoms. The molecule has 1 heterocycles. The molecule has 0 saturated carbocycles. The summed E-state index contributed by atoms with van der Waals surface area (Å²) >= 11 is 3.49. The normalized spacial score (nSPS) is 16.9. The second kappa shape index (κ2) is 6.34. The van der Waals surface area contributed by atoms with Gasteiger partial charge in [-0.1, -0.05) is 28.1 Å². The van der Waals surface area contributed by atoms with Crippen molar-refractivity contribution < 1.29 is 15.1 Å². The number of rotatable bonds is 4. The van der Waals surface area contributed by atoms with Crippen molar-refractivity contribution in [2.45, 2.75) is 6.54 Å². The average molecular weight is 342 g/mol. The quantitative estimate of drug-likeness (QED) is 0.437. The van der Waals surface area contributed by atoms with Gasteiger partial charge in [0.2, 0.25) is 0 Å². The summed E-state index contributed by atoms with van der Waals surface area (Å²) in [7, 11) is 1.59. The number of nitrogens with zero attached hydrogens (tertiary/aromatic N) is 2. The van der Waals surface area contributed by atoms with Crippen molar-refractivity contribution in [2.75, 3.05) is 20.1 Å². The average Bonchev–Trinajstić information content (AvgIpc) is 2.36. The SMILES string of the molecule is CN=C(NO)c1ccc(CN2CC(C(=O)O)C2)c(Br)c1. The van der Waals surface area contributed by atoms with Crippen LogP contribution in [0, 0.1) is 5.92 Å². The highest BCUT2D eigenvalue weighted by Gasteiger charge is 2.32. The van der Waals surface area contributed by atoms with Crippen molar-refractivity contribution in [1.82, 2.24) is 10.4 Å². The Morgan fingerprint density at radius 2 is 2.25 bits per heavy atom. The van der Waals surface area contributed by atoms with Crippen molar-refractivity contribution in [2.24, 2.45) is 10.9 Å². The Morgan fingerprint density at radius 3 is 2.75 bits per heavy atom. The Hall–Kier alpha value is -1.44. The predicted molar refractivity (Wildman–Crippen MR) is 77.9 cm³/mol. The zero-order valence-corrected chi connectivity index (χ0v) is 12.6. The van der Waals surface area contributed by atoms with Crippen LogP contribution in [-0.4, -0.2) is 47.2 Å². The minimum absolute atomic E-state index is 0.245. The van der Waals surface area contributed by atoms with Gasteiger partial charge in [0.1, 0.15) is 0 Å². The van der Waals surface area contributed by atoms with Crippen LogP contribution >= 0.6 is 15.9 Å². The Balaban J connectivity index is 2.02. The molecule has 1 aliphatic rings. The molecule has 0 atom stereocenters. The molecule has 1 saturated heterocycles. The first-order valence-electron chi connectivity index (χ1n) is 6.16. The lowest BCUT2D eigenvalue weighted by molar-refractivity contribution is -0.147. The highest BCUT2D eigenvalue weighted by molar-refractivity contribution is 9.10. The maximum absolute atomic E-state index is 10.8. The predicted octanol–water partition coefficient (Wildman–Crippen LogP) is 1.32. The highest BCUT2D eigenvalue weighted by Crippen LogP contribution is 2.24. The second-order valence-corrected chi connectivity index (χ2v) is 5.57. The van der Waals surface area contributed by atoms with Gasteiger partial charge in [-0.3, -0.25) is 25.4 Å². The van der Waals surface area contributed by atoms with E-state index >= 15 is 0 Å². The summed E-state index contributed by atoms with van der Waals surface area (Å²) in [5, 5.41) is 17.8. The van der Waals surface area contributed by atoms with Gasteiger partial charge in [0, 0.05) is 36.7 Å². The van der Waals surface area contributed by atoms with Gasteiger partial charge < -0.3 is 5.11 Å². The summed E-state index contributed by atoms with van der Waals surface area (Å²) in [4.78, 5) is 16.8. The molecule has 1 fully saturated rings. The smallest absolute Gasteiger partial charge is 0.309 e. The van der Waals surface area contributed by atoms with Crippen LogP contribution < -0.4 is 5.48 Å². The monoisotopic (exact) mass is 341 g/mol. The van der Waals surface area contributed by atoms with Gasteiger partial charge in [-0.05, 0) is 11.6 Å². The third kappa shape index (κ3) is 3.17. The number of aliphatic carboxylic acids is 1. The van der Waals surface area contributed by atoms with E-state index in [1.807, 2.05) is 23.7 Å². The number of hydrogen-bond donors (Lipinski definition) is 3. The van der Waals surface area contributed by atoms with Gasteiger partial charge in [0.15, 0.2) is 5.84 Å². The van der Waals surface area contributed by atoms with E-state index < -0.39 is 5.97 Å². The lowest BCUT2D eigenvalue weighted by Crippen LogP contribution is -2.49. The molecular formula is C13H16BrN3O3. The summed E-state index contributed by atoms with van der Waals surface area (Å²) in [6.07, 6.45) is 0. The number of carboxylic acid groups (broad SMARTS) is 1. The molecule has 3 N–H and O–H groups in total. The number of nitrogens with one attached hydrogen (secondary N) is 1. The summed E-state index contributed by atoms with van der Waals surface area (Å²) < 4.78 is 0.908. The van der Waals surface area contributed by atoms with Gasteiger partial charge >= 0.3 is 5.97 Å². The van der Waals surface area contributed by atoms with E-state index in [-0.39, 0.29) is 5.92 Å². The molecule has 0 amide bonds. The summed E-state index contributed by atoms with van der Waals surface area (Å²) in [6, 6.07) is 5.67. The first-order chi connectivity index (χ1) is 9.55. The molecule has 108 valence electrons. The molecule has 20 heavy (non-hydrogen) atoms. The molecule has 0 aromatic heterocycles. The molecule has 2 rings (SSSR count). The van der Waals surface area contributed by atoms with E-state index in [9.17, 15) is 4.79 Å². The van der Waals surface area contributed by atoms with Gasteiger partial charge in [-0.2, -0.15) is 0 Å². The minimum atomic E-state index is -0.728. The minimum Gasteiger partial charge on any atom is -0.481 e. The maximum Gasteiger partial charge on any atom is 0.309 e. The van der Waals surface area contributed by atoms with Crippen LogP contribution in [-0.2, 0) is 11.3 Å². The van der Waals surface area contributed by atoms with Gasteiger partial charge in [0.05, 0.1) is 5.92 Å². The first kappa shape index (κ1) is 15.0. The molecular weight excluding hydrogens is 326 g/mol. The van der Waals surface area contributed by atoms with Crippen molar-refractivity contribution in [3.05, 3.63) is 33.8 Å². The van der Waals surface area contributed by atoms with E-state index in [1.165, 1.54) is 0 Å². The number of aliphatic imine (C=N–C) groups is 1. The van der Waals surface area contributed by atoms with Crippen LogP contribution in [0.3, 0.4) is 0 Å². The fourth-order valence-electron chi connectivity index (χ4n) is 2.16. The van der Waals surface area contributed by atoms with Crippen molar-refractivity contribution in [3.8, 4) is 0 Å². The molecule has 0 unspecified atom stereocenters. The van der Waals surface area contributed by atoms with E-state index in [2.05, 4.69) is 25.8 Å². The first-order valence-corrected chi connectivity index (χ1v) is 6.95. The number of likely N-dealkylation sites (tertiary alicyclic amines) is 1. The van der Waals surface area contributed by atoms with E-state index in [0.29, 0.717) is 25.5 Å². The number of amidine groups is 1. The zero-order chi connectivity index (χ0) is 14.7. The largest absolute Gasteiger partial charge is 0.481 e. The van der Waals surface area contributed by atoms with E-state index in [0.717, 1.165) is 15.6 Å². The number of carboxylic acids is 1. The number of benzene rings is 1. The van der Waals surface area contributed by atoms with Crippen LogP contribution in [0.25, 0.3) is 0 Å². The molecule has 0 aliphatic carbocycles. The molecule has 1 aliphatic heterocycles. The number of hydroxylamine groups is 1. The Morgan fingerprint density at radius 1 is 1.55 bits per heavy atom. The molecule has 1 aromatic carbocycles. The third-order valence-electron chi connectivity index (χ3n) is 3.36. The standard InChI is InChI=1S/C13H16BrN3O3/c1-15-12(16-20)8-2-3-9(11(14)4-8)5-17-6-10(7-17)13(18)19/h2-4,10,20H,5-7H2,1H3,(H,15,16)(H,18,19). The van der Waals surface area contributed by atoms with E-state index in [1.54, 1.807) is 7.05 Å². The van der Waals surface area contributed by atoms with Crippen LogP contribution in [0.15, 0.2) is 27.7 Å². The fourth-order valence-corrected chi connectivity index (χ4v) is 2.67. The number of halogens is 1. The number of hydrogen-bond acceptors (Lipinski definition) is 4. The van der Waals surface area contributed by atoms with Gasteiger partial charge in [-0.25, -0.2) is 0 Å². The number of carbonyl (C=O) groups is 1. The van der Waals surface area contributed by atoms with Crippen molar-refractivity contribution >= 4 is 27.7 Å². The Kier molecular flexibility index (Phi) is 4.74. The fraction of sp³-hybridized carbons (Fsp3) is 0.385. The van der Waals surface area contributed by atoms with Crippen LogP contribution in [0.2, 0.25) is 0 Å². The van der Waals surface area contributed by atoms with Crippen molar-refractivity contribution in [3.63, 3.8) is 0 Å². The molecule has 0 spiro atoms. The highest BCUT2D eigenvalue weighted by atomic mass is 79.9. The van der Waals surface area contributed by atoms with Gasteiger partial charge in [-0.15, -0.1) is 0 Å². The third-order valence-corrected chi connectivity index (χ3v) is 4.09. The Bertz CT molecular complexity index is 542. The summed E-state index contributed by atoms with van der Waals surface area (Å²) in [5.41, 5.74) is 3.90. The van der Waals surface area contributed by atoms with Crippen LogP contribution in [0.4, 0.5) is 0 Å². The summed E-state index contributed by atoms with van der Waals surface area (Å²) in [6.45, 7) is 1.88. The Labute approximate surface area is 125 Å². The van der Waals surface area contributed by atoms with Gasteiger partial charge in [0.25, 0.3) is 0 Å². The molecule has 6 nitrogen and oxygen atoms in total. The van der Waals surface area contributed by atoms with Crippen LogP contribution in [0.1, 0.15) is 11.1 Å². The van der Waals surface area contributed by atoms with E-state index in [4.69, 9.17) is 10.3 Å². The maximum atomic E-state index is 10.8. The van der Waals surface area contributed by atoms with Crippen molar-refractivity contribution in [1.29, 1.82) is 0 Å². The molecule has 0 radical (unpaired) electrons. The molecule has 1 aromatic rings. The zero-order valence-electron chi connectivity index (χ0n) is 11.0. The lowest BCUT2D eigenvalue weighted by Gasteiger charge is -2.36. The second-order valence-electron chi connectivity index (χ2n) is 4.72. The summed E-state index contributed by atoms with van der Waals surface area (Å²) in [5.74, 6) is -0.578. The lowest BCUT2D eigenvalue weighted by atomic mass is 9.99. The topological polar surface area (TPSA) is 85.2 Å². The molecule has 0 bridgehead atoms.